The SMILES string of the molecule is N#Cc1c(-c2ccccc2Cl)cc(-c2ccc(Cl)cc2)nc1SCc1cccc(Oc2ccccc2)c1. The van der Waals surface area contributed by atoms with Crippen molar-refractivity contribution in [3.8, 4) is 40.0 Å². The van der Waals surface area contributed by atoms with Gasteiger partial charge in [0.05, 0.1) is 11.3 Å². The highest BCUT2D eigenvalue weighted by Crippen LogP contribution is 2.38. The molecule has 180 valence electrons. The van der Waals surface area contributed by atoms with E-state index in [0.717, 1.165) is 39.4 Å². The van der Waals surface area contributed by atoms with Gasteiger partial charge in [-0.1, -0.05) is 83.9 Å². The zero-order chi connectivity index (χ0) is 25.6. The van der Waals surface area contributed by atoms with Crippen LogP contribution in [0.3, 0.4) is 0 Å². The fourth-order valence-corrected chi connectivity index (χ4v) is 5.18. The van der Waals surface area contributed by atoms with Gasteiger partial charge < -0.3 is 4.74 Å². The summed E-state index contributed by atoms with van der Waals surface area (Å²) in [5.74, 6) is 2.14. The molecule has 6 heteroatoms. The number of halogens is 2. The summed E-state index contributed by atoms with van der Waals surface area (Å²) in [5, 5.41) is 12.0. The number of nitriles is 1. The average Bonchev–Trinajstić information content (AvgIpc) is 2.93. The summed E-state index contributed by atoms with van der Waals surface area (Å²) in [4.78, 5) is 4.89. The standard InChI is InChI=1S/C31H20Cl2N2OS/c32-23-15-13-22(14-16-23)30-18-27(26-11-4-5-12-29(26)33)28(19-34)31(35-30)37-20-21-7-6-10-25(17-21)36-24-8-2-1-3-9-24/h1-18H,20H2. The lowest BCUT2D eigenvalue weighted by Gasteiger charge is -2.14. The number of pyridine rings is 1. The van der Waals surface area contributed by atoms with Crippen LogP contribution in [0.1, 0.15) is 11.1 Å². The van der Waals surface area contributed by atoms with Crippen molar-refractivity contribution in [1.29, 1.82) is 5.26 Å². The summed E-state index contributed by atoms with van der Waals surface area (Å²) in [6.45, 7) is 0. The van der Waals surface area contributed by atoms with Crippen molar-refractivity contribution in [2.45, 2.75) is 10.8 Å². The molecule has 4 aromatic carbocycles. The zero-order valence-corrected chi connectivity index (χ0v) is 21.9. The third-order valence-corrected chi connectivity index (χ3v) is 7.28. The number of aromatic nitrogens is 1. The Bertz CT molecular complexity index is 1580. The molecular formula is C31H20Cl2N2OS. The lowest BCUT2D eigenvalue weighted by Crippen LogP contribution is -1.97. The van der Waals surface area contributed by atoms with Crippen molar-refractivity contribution in [3.63, 3.8) is 0 Å². The largest absolute Gasteiger partial charge is 0.457 e. The van der Waals surface area contributed by atoms with Crippen LogP contribution in [0.2, 0.25) is 10.0 Å². The number of ether oxygens (including phenoxy) is 1. The van der Waals surface area contributed by atoms with Crippen LogP contribution in [-0.4, -0.2) is 4.98 Å². The van der Waals surface area contributed by atoms with Gasteiger partial charge >= 0.3 is 0 Å². The molecule has 37 heavy (non-hydrogen) atoms. The fourth-order valence-electron chi connectivity index (χ4n) is 3.87. The summed E-state index contributed by atoms with van der Waals surface area (Å²) in [7, 11) is 0. The van der Waals surface area contributed by atoms with Gasteiger partial charge in [-0.05, 0) is 54.1 Å². The van der Waals surface area contributed by atoms with Gasteiger partial charge in [0, 0.05) is 32.5 Å². The topological polar surface area (TPSA) is 45.9 Å². The third kappa shape index (κ3) is 5.98. The van der Waals surface area contributed by atoms with E-state index in [1.807, 2.05) is 109 Å². The van der Waals surface area contributed by atoms with E-state index in [-0.39, 0.29) is 0 Å². The number of hydrogen-bond acceptors (Lipinski definition) is 4. The van der Waals surface area contributed by atoms with Crippen LogP contribution < -0.4 is 4.74 Å². The second-order valence-corrected chi connectivity index (χ2v) is 9.99. The predicted octanol–water partition coefficient (Wildman–Crippen LogP) is 9.68. The van der Waals surface area contributed by atoms with Crippen molar-refractivity contribution < 1.29 is 4.74 Å². The van der Waals surface area contributed by atoms with Gasteiger partial charge in [0.2, 0.25) is 0 Å². The Hall–Kier alpha value is -3.75. The Kier molecular flexibility index (Phi) is 7.77. The van der Waals surface area contributed by atoms with Crippen LogP contribution in [-0.2, 0) is 5.75 Å². The summed E-state index contributed by atoms with van der Waals surface area (Å²) in [6, 6.07) is 36.9. The first-order valence-electron chi connectivity index (χ1n) is 11.5. The molecule has 0 saturated heterocycles. The van der Waals surface area contributed by atoms with E-state index in [9.17, 15) is 5.26 Å². The van der Waals surface area contributed by atoms with Crippen LogP contribution in [0, 0.1) is 11.3 Å². The van der Waals surface area contributed by atoms with Crippen LogP contribution in [0.15, 0.2) is 114 Å². The smallest absolute Gasteiger partial charge is 0.127 e. The van der Waals surface area contributed by atoms with E-state index in [1.165, 1.54) is 11.8 Å². The molecule has 0 aliphatic carbocycles. The molecule has 1 aromatic heterocycles. The first-order chi connectivity index (χ1) is 18.1. The highest BCUT2D eigenvalue weighted by molar-refractivity contribution is 7.98. The summed E-state index contributed by atoms with van der Waals surface area (Å²) in [5.41, 5.74) is 4.74. The number of rotatable bonds is 7. The minimum atomic E-state index is 0.493. The van der Waals surface area contributed by atoms with Crippen LogP contribution in [0.5, 0.6) is 11.5 Å². The summed E-state index contributed by atoms with van der Waals surface area (Å²) in [6.07, 6.45) is 0. The van der Waals surface area contributed by atoms with E-state index >= 15 is 0 Å². The molecule has 0 amide bonds. The first kappa shape index (κ1) is 24.9. The van der Waals surface area contributed by atoms with Crippen molar-refractivity contribution in [2.24, 2.45) is 0 Å². The molecule has 0 N–H and O–H groups in total. The van der Waals surface area contributed by atoms with Crippen LogP contribution >= 0.6 is 35.0 Å². The normalized spacial score (nSPS) is 10.6. The maximum absolute atomic E-state index is 10.2. The molecule has 3 nitrogen and oxygen atoms in total. The molecule has 0 spiro atoms. The fraction of sp³-hybridized carbons (Fsp3) is 0.0323. The van der Waals surface area contributed by atoms with Crippen molar-refractivity contribution in [1.82, 2.24) is 4.98 Å². The van der Waals surface area contributed by atoms with Crippen LogP contribution in [0.4, 0.5) is 0 Å². The Morgan fingerprint density at radius 2 is 1.49 bits per heavy atom. The number of nitrogens with zero attached hydrogens (tertiary/aromatic N) is 2. The quantitative estimate of drug-likeness (QED) is 0.193. The van der Waals surface area contributed by atoms with Crippen molar-refractivity contribution >= 4 is 35.0 Å². The van der Waals surface area contributed by atoms with E-state index in [4.69, 9.17) is 32.9 Å². The minimum absolute atomic E-state index is 0.493. The zero-order valence-electron chi connectivity index (χ0n) is 19.6. The van der Waals surface area contributed by atoms with Gasteiger partial charge in [-0.25, -0.2) is 4.98 Å². The number of para-hydroxylation sites is 1. The second kappa shape index (κ2) is 11.5. The lowest BCUT2D eigenvalue weighted by molar-refractivity contribution is 0.482. The van der Waals surface area contributed by atoms with Gasteiger partial charge in [0.1, 0.15) is 22.6 Å². The Labute approximate surface area is 230 Å². The Morgan fingerprint density at radius 1 is 0.757 bits per heavy atom. The summed E-state index contributed by atoms with van der Waals surface area (Å²) >= 11 is 14.2. The van der Waals surface area contributed by atoms with Gasteiger partial charge in [-0.3, -0.25) is 0 Å². The molecule has 0 aliphatic rings. The van der Waals surface area contributed by atoms with E-state index in [2.05, 4.69) is 6.07 Å². The van der Waals surface area contributed by atoms with Gasteiger partial charge in [-0.15, -0.1) is 11.8 Å². The Morgan fingerprint density at radius 3 is 2.24 bits per heavy atom. The second-order valence-electron chi connectivity index (χ2n) is 8.18. The number of hydrogen-bond donors (Lipinski definition) is 0. The molecule has 0 fully saturated rings. The van der Waals surface area contributed by atoms with E-state index < -0.39 is 0 Å². The minimum Gasteiger partial charge on any atom is -0.457 e. The van der Waals surface area contributed by atoms with Crippen molar-refractivity contribution in [3.05, 3.63) is 130 Å². The van der Waals surface area contributed by atoms with E-state index in [0.29, 0.717) is 26.4 Å². The molecule has 5 rings (SSSR count). The molecule has 5 aromatic rings. The van der Waals surface area contributed by atoms with Gasteiger partial charge in [0.25, 0.3) is 0 Å². The molecule has 0 bridgehead atoms. The predicted molar refractivity (Wildman–Crippen MR) is 152 cm³/mol. The molecule has 0 saturated carbocycles. The molecule has 0 radical (unpaired) electrons. The average molecular weight is 539 g/mol. The van der Waals surface area contributed by atoms with Crippen molar-refractivity contribution in [2.75, 3.05) is 0 Å². The monoisotopic (exact) mass is 538 g/mol. The Balaban J connectivity index is 1.51. The maximum Gasteiger partial charge on any atom is 0.127 e. The van der Waals surface area contributed by atoms with Crippen LogP contribution in [0.25, 0.3) is 22.4 Å². The molecular weight excluding hydrogens is 519 g/mol. The number of benzene rings is 4. The van der Waals surface area contributed by atoms with Gasteiger partial charge in [-0.2, -0.15) is 5.26 Å². The number of thioether (sulfide) groups is 1. The highest BCUT2D eigenvalue weighted by Gasteiger charge is 2.18. The maximum atomic E-state index is 10.2. The molecule has 0 unspecified atom stereocenters. The first-order valence-corrected chi connectivity index (χ1v) is 13.3. The van der Waals surface area contributed by atoms with Gasteiger partial charge in [0.15, 0.2) is 0 Å². The molecule has 1 heterocycles. The highest BCUT2D eigenvalue weighted by atomic mass is 35.5. The third-order valence-electron chi connectivity index (χ3n) is 5.65. The molecule has 0 aliphatic heterocycles. The van der Waals surface area contributed by atoms with E-state index in [1.54, 1.807) is 0 Å². The molecule has 0 atom stereocenters. The summed E-state index contributed by atoms with van der Waals surface area (Å²) < 4.78 is 5.99. The lowest BCUT2D eigenvalue weighted by atomic mass is 9.99.